The van der Waals surface area contributed by atoms with E-state index in [-0.39, 0.29) is 11.2 Å². The summed E-state index contributed by atoms with van der Waals surface area (Å²) in [5, 5.41) is 3.25. The van der Waals surface area contributed by atoms with Crippen molar-refractivity contribution in [1.29, 1.82) is 0 Å². The second-order valence-corrected chi connectivity index (χ2v) is 6.05. The number of benzene rings is 2. The molecule has 0 saturated heterocycles. The second-order valence-electron chi connectivity index (χ2n) is 6.05. The van der Waals surface area contributed by atoms with Crippen LogP contribution < -0.4 is 10.7 Å². The van der Waals surface area contributed by atoms with Gasteiger partial charge in [-0.2, -0.15) is 0 Å². The summed E-state index contributed by atoms with van der Waals surface area (Å²) >= 11 is 0. The van der Waals surface area contributed by atoms with E-state index in [0.717, 1.165) is 16.9 Å². The highest BCUT2D eigenvalue weighted by molar-refractivity contribution is 5.93. The Hall–Kier alpha value is -3.41. The summed E-state index contributed by atoms with van der Waals surface area (Å²) in [4.78, 5) is 29.0. The first kappa shape index (κ1) is 16.1. The molecule has 2 aromatic carbocycles. The lowest BCUT2D eigenvalue weighted by molar-refractivity contribution is 0.0927. The zero-order chi connectivity index (χ0) is 18.1. The fourth-order valence-corrected chi connectivity index (χ4v) is 3.01. The van der Waals surface area contributed by atoms with Gasteiger partial charge in [0.05, 0.1) is 16.4 Å². The molecule has 0 fully saturated rings. The number of aromatic nitrogens is 2. The quantitative estimate of drug-likeness (QED) is 0.616. The Morgan fingerprint density at radius 3 is 2.77 bits per heavy atom. The molecule has 0 saturated carbocycles. The average molecular weight is 347 g/mol. The highest BCUT2D eigenvalue weighted by atomic mass is 16.3. The number of aryl methyl sites for hydroxylation is 1. The molecular formula is C20H17N3O3. The molecule has 0 aliphatic heterocycles. The molecule has 130 valence electrons. The first-order valence-electron chi connectivity index (χ1n) is 8.35. The van der Waals surface area contributed by atoms with Crippen molar-refractivity contribution in [2.24, 2.45) is 7.05 Å². The fraction of sp³-hybridized carbons (Fsp3) is 0.150. The SMILES string of the molecule is Cn1c(CCNC(=O)c2cc(=O)c3ccccc3o2)nc2ccccc21. The lowest BCUT2D eigenvalue weighted by atomic mass is 10.2. The van der Waals surface area contributed by atoms with E-state index < -0.39 is 5.91 Å². The van der Waals surface area contributed by atoms with Gasteiger partial charge in [0, 0.05) is 26.1 Å². The van der Waals surface area contributed by atoms with Gasteiger partial charge >= 0.3 is 0 Å². The van der Waals surface area contributed by atoms with Gasteiger partial charge in [0.2, 0.25) is 0 Å². The van der Waals surface area contributed by atoms with E-state index in [1.165, 1.54) is 6.07 Å². The zero-order valence-corrected chi connectivity index (χ0v) is 14.2. The fourth-order valence-electron chi connectivity index (χ4n) is 3.01. The Labute approximate surface area is 149 Å². The maximum absolute atomic E-state index is 12.3. The molecular weight excluding hydrogens is 330 g/mol. The van der Waals surface area contributed by atoms with Crippen LogP contribution in [0.4, 0.5) is 0 Å². The number of hydrogen-bond donors (Lipinski definition) is 1. The molecule has 1 N–H and O–H groups in total. The van der Waals surface area contributed by atoms with E-state index in [2.05, 4.69) is 10.3 Å². The number of carbonyl (C=O) groups excluding carboxylic acids is 1. The van der Waals surface area contributed by atoms with Crippen molar-refractivity contribution in [3.8, 4) is 0 Å². The lowest BCUT2D eigenvalue weighted by Gasteiger charge is -2.06. The number of para-hydroxylation sites is 3. The molecule has 0 spiro atoms. The Morgan fingerprint density at radius 2 is 1.92 bits per heavy atom. The zero-order valence-electron chi connectivity index (χ0n) is 14.2. The highest BCUT2D eigenvalue weighted by Gasteiger charge is 2.13. The molecule has 0 aliphatic carbocycles. The van der Waals surface area contributed by atoms with E-state index in [4.69, 9.17) is 4.42 Å². The number of rotatable bonds is 4. The van der Waals surface area contributed by atoms with E-state index in [1.54, 1.807) is 24.3 Å². The van der Waals surface area contributed by atoms with Gasteiger partial charge in [-0.05, 0) is 24.3 Å². The molecule has 0 aliphatic rings. The van der Waals surface area contributed by atoms with Crippen LogP contribution in [0.1, 0.15) is 16.4 Å². The van der Waals surface area contributed by atoms with Crippen LogP contribution in [0.5, 0.6) is 0 Å². The van der Waals surface area contributed by atoms with Crippen LogP contribution in [0.15, 0.2) is 63.8 Å². The minimum Gasteiger partial charge on any atom is -0.451 e. The topological polar surface area (TPSA) is 77.1 Å². The van der Waals surface area contributed by atoms with E-state index >= 15 is 0 Å². The molecule has 6 heteroatoms. The third-order valence-corrected chi connectivity index (χ3v) is 4.37. The molecule has 4 aromatic rings. The molecule has 0 atom stereocenters. The van der Waals surface area contributed by atoms with E-state index in [1.807, 2.05) is 35.9 Å². The molecule has 4 rings (SSSR count). The maximum atomic E-state index is 12.3. The number of amides is 1. The van der Waals surface area contributed by atoms with E-state index in [9.17, 15) is 9.59 Å². The van der Waals surface area contributed by atoms with Gasteiger partial charge in [0.15, 0.2) is 11.2 Å². The summed E-state index contributed by atoms with van der Waals surface area (Å²) in [5.41, 5.74) is 2.15. The molecule has 0 bridgehead atoms. The monoisotopic (exact) mass is 347 g/mol. The Bertz CT molecular complexity index is 1170. The van der Waals surface area contributed by atoms with Crippen LogP contribution >= 0.6 is 0 Å². The average Bonchev–Trinajstić information content (AvgIpc) is 2.98. The number of fused-ring (bicyclic) bond motifs is 2. The predicted molar refractivity (Wildman–Crippen MR) is 99.2 cm³/mol. The Kier molecular flexibility index (Phi) is 4.01. The first-order chi connectivity index (χ1) is 12.6. The number of hydrogen-bond acceptors (Lipinski definition) is 4. The highest BCUT2D eigenvalue weighted by Crippen LogP contribution is 2.14. The Balaban J connectivity index is 1.48. The predicted octanol–water partition coefficient (Wildman–Crippen LogP) is 2.65. The molecule has 2 aromatic heterocycles. The van der Waals surface area contributed by atoms with Crippen LogP contribution in [0.3, 0.4) is 0 Å². The van der Waals surface area contributed by atoms with Gasteiger partial charge < -0.3 is 14.3 Å². The van der Waals surface area contributed by atoms with Crippen molar-refractivity contribution in [2.45, 2.75) is 6.42 Å². The van der Waals surface area contributed by atoms with Crippen LogP contribution in [-0.2, 0) is 13.5 Å². The molecule has 2 heterocycles. The van der Waals surface area contributed by atoms with Gasteiger partial charge in [-0.25, -0.2) is 4.98 Å². The number of imidazole rings is 1. The number of nitrogens with one attached hydrogen (secondary N) is 1. The largest absolute Gasteiger partial charge is 0.451 e. The second kappa shape index (κ2) is 6.48. The summed E-state index contributed by atoms with van der Waals surface area (Å²) in [6, 6.07) is 16.0. The Morgan fingerprint density at radius 1 is 1.15 bits per heavy atom. The summed E-state index contributed by atoms with van der Waals surface area (Å²) in [5.74, 6) is 0.483. The third-order valence-electron chi connectivity index (χ3n) is 4.37. The van der Waals surface area contributed by atoms with Gasteiger partial charge in [-0.1, -0.05) is 24.3 Å². The molecule has 6 nitrogen and oxygen atoms in total. The van der Waals surface area contributed by atoms with Gasteiger partial charge in [-0.3, -0.25) is 9.59 Å². The number of nitrogens with zero attached hydrogens (tertiary/aromatic N) is 2. The molecule has 26 heavy (non-hydrogen) atoms. The van der Waals surface area contributed by atoms with Gasteiger partial charge in [0.1, 0.15) is 11.4 Å². The van der Waals surface area contributed by atoms with Crippen molar-refractivity contribution >= 4 is 27.9 Å². The van der Waals surface area contributed by atoms with Crippen molar-refractivity contribution in [1.82, 2.24) is 14.9 Å². The van der Waals surface area contributed by atoms with Gasteiger partial charge in [0.25, 0.3) is 5.91 Å². The smallest absolute Gasteiger partial charge is 0.287 e. The number of carbonyl (C=O) groups is 1. The van der Waals surface area contributed by atoms with Crippen LogP contribution in [0, 0.1) is 0 Å². The summed E-state index contributed by atoms with van der Waals surface area (Å²) < 4.78 is 7.56. The summed E-state index contributed by atoms with van der Waals surface area (Å²) in [6.07, 6.45) is 0.578. The van der Waals surface area contributed by atoms with Crippen LogP contribution in [0.25, 0.3) is 22.0 Å². The lowest BCUT2D eigenvalue weighted by Crippen LogP contribution is -2.27. The van der Waals surface area contributed by atoms with Crippen molar-refractivity contribution in [3.05, 3.63) is 76.4 Å². The van der Waals surface area contributed by atoms with Crippen LogP contribution in [-0.4, -0.2) is 22.0 Å². The third kappa shape index (κ3) is 2.86. The minimum absolute atomic E-state index is 0.0127. The first-order valence-corrected chi connectivity index (χ1v) is 8.35. The summed E-state index contributed by atoms with van der Waals surface area (Å²) in [7, 11) is 1.95. The van der Waals surface area contributed by atoms with Crippen molar-refractivity contribution in [3.63, 3.8) is 0 Å². The summed E-state index contributed by atoms with van der Waals surface area (Å²) in [6.45, 7) is 0.395. The molecule has 0 radical (unpaired) electrons. The molecule has 0 unspecified atom stereocenters. The normalized spacial score (nSPS) is 11.1. The maximum Gasteiger partial charge on any atom is 0.287 e. The van der Waals surface area contributed by atoms with Crippen molar-refractivity contribution < 1.29 is 9.21 Å². The minimum atomic E-state index is -0.411. The van der Waals surface area contributed by atoms with Crippen molar-refractivity contribution in [2.75, 3.05) is 6.54 Å². The van der Waals surface area contributed by atoms with E-state index in [0.29, 0.717) is 23.9 Å². The van der Waals surface area contributed by atoms with Gasteiger partial charge in [-0.15, -0.1) is 0 Å². The standard InChI is InChI=1S/C20H17N3O3/c1-23-15-8-4-3-7-14(15)22-19(23)10-11-21-20(25)18-12-16(24)13-6-2-5-9-17(13)26-18/h2-9,12H,10-11H2,1H3,(H,21,25). The van der Waals surface area contributed by atoms with Crippen LogP contribution in [0.2, 0.25) is 0 Å². The molecule has 1 amide bonds.